The molecule has 0 saturated carbocycles. The number of para-hydroxylation sites is 1. The molecule has 0 fully saturated rings. The van der Waals surface area contributed by atoms with Crippen LogP contribution in [-0.4, -0.2) is 6.79 Å². The van der Waals surface area contributed by atoms with Crippen molar-refractivity contribution in [3.8, 4) is 11.5 Å². The van der Waals surface area contributed by atoms with Gasteiger partial charge in [0.2, 0.25) is 6.79 Å². The maximum Gasteiger partial charge on any atom is 0.231 e. The quantitative estimate of drug-likeness (QED) is 0.769. The van der Waals surface area contributed by atoms with Crippen LogP contribution in [0.3, 0.4) is 0 Å². The summed E-state index contributed by atoms with van der Waals surface area (Å²) >= 11 is 3.65. The number of ether oxygens (including phenoxy) is 3. The minimum absolute atomic E-state index is 0.247. The van der Waals surface area contributed by atoms with Crippen LogP contribution < -0.4 is 14.8 Å². The summed E-state index contributed by atoms with van der Waals surface area (Å²) in [5, 5.41) is 3.52. The molecule has 2 aliphatic heterocycles. The highest BCUT2D eigenvalue weighted by Crippen LogP contribution is 2.48. The summed E-state index contributed by atoms with van der Waals surface area (Å²) in [7, 11) is 0. The molecule has 0 aliphatic carbocycles. The molecule has 0 saturated heterocycles. The van der Waals surface area contributed by atoms with Gasteiger partial charge in [-0.15, -0.1) is 0 Å². The molecule has 2 aromatic rings. The van der Waals surface area contributed by atoms with Crippen LogP contribution in [0, 0.1) is 0 Å². The summed E-state index contributed by atoms with van der Waals surface area (Å²) in [6, 6.07) is 12.3. The Morgan fingerprint density at radius 2 is 1.83 bits per heavy atom. The van der Waals surface area contributed by atoms with E-state index in [4.69, 9.17) is 14.2 Å². The molecule has 4 rings (SSSR count). The first-order valence-electron chi connectivity index (χ1n) is 8.30. The van der Waals surface area contributed by atoms with Crippen LogP contribution in [0.4, 0.5) is 5.69 Å². The van der Waals surface area contributed by atoms with Crippen molar-refractivity contribution in [1.29, 1.82) is 0 Å². The van der Waals surface area contributed by atoms with Crippen LogP contribution >= 0.6 is 15.9 Å². The lowest BCUT2D eigenvalue weighted by molar-refractivity contribution is -0.104. The highest BCUT2D eigenvalue weighted by molar-refractivity contribution is 9.10. The van der Waals surface area contributed by atoms with Gasteiger partial charge in [-0.2, -0.15) is 0 Å². The van der Waals surface area contributed by atoms with E-state index in [-0.39, 0.29) is 18.6 Å². The van der Waals surface area contributed by atoms with Gasteiger partial charge in [0.1, 0.15) is 0 Å². The molecular formula is C19H20BrNO3. The predicted octanol–water partition coefficient (Wildman–Crippen LogP) is 5.33. The van der Waals surface area contributed by atoms with Crippen LogP contribution in [0.15, 0.2) is 40.9 Å². The largest absolute Gasteiger partial charge is 0.454 e. The first-order valence-corrected chi connectivity index (χ1v) is 9.09. The Hall–Kier alpha value is -1.72. The summed E-state index contributed by atoms with van der Waals surface area (Å²) in [6.45, 7) is 4.62. The van der Waals surface area contributed by atoms with Gasteiger partial charge in [0, 0.05) is 21.3 Å². The molecule has 0 bridgehead atoms. The molecule has 0 spiro atoms. The first kappa shape index (κ1) is 15.8. The van der Waals surface area contributed by atoms with Crippen molar-refractivity contribution in [2.24, 2.45) is 0 Å². The van der Waals surface area contributed by atoms with Gasteiger partial charge in [-0.1, -0.05) is 48.0 Å². The topological polar surface area (TPSA) is 39.7 Å². The second-order valence-electron chi connectivity index (χ2n) is 6.12. The number of rotatable bonds is 3. The number of halogens is 1. The van der Waals surface area contributed by atoms with E-state index in [9.17, 15) is 0 Å². The number of benzene rings is 2. The molecule has 24 heavy (non-hydrogen) atoms. The zero-order valence-electron chi connectivity index (χ0n) is 13.8. The van der Waals surface area contributed by atoms with Crippen LogP contribution in [-0.2, 0) is 10.3 Å². The number of anilines is 1. The van der Waals surface area contributed by atoms with Gasteiger partial charge in [0.15, 0.2) is 17.7 Å². The van der Waals surface area contributed by atoms with E-state index in [0.717, 1.165) is 40.1 Å². The second-order valence-corrected chi connectivity index (χ2v) is 6.97. The van der Waals surface area contributed by atoms with Gasteiger partial charge in [-0.05, 0) is 31.0 Å². The smallest absolute Gasteiger partial charge is 0.231 e. The molecule has 126 valence electrons. The van der Waals surface area contributed by atoms with Crippen molar-refractivity contribution in [2.45, 2.75) is 38.5 Å². The third-order valence-electron chi connectivity index (χ3n) is 4.96. The molecule has 1 N–H and O–H groups in total. The van der Waals surface area contributed by atoms with E-state index in [2.05, 4.69) is 59.4 Å². The lowest BCUT2D eigenvalue weighted by Gasteiger charge is -2.43. The summed E-state index contributed by atoms with van der Waals surface area (Å²) in [4.78, 5) is 0. The fraction of sp³-hybridized carbons (Fsp3) is 0.368. The van der Waals surface area contributed by atoms with Crippen LogP contribution in [0.1, 0.15) is 44.0 Å². The van der Waals surface area contributed by atoms with Crippen LogP contribution in [0.25, 0.3) is 0 Å². The second kappa shape index (κ2) is 5.97. The summed E-state index contributed by atoms with van der Waals surface area (Å²) in [5.74, 6) is 1.52. The SMILES string of the molecule is CCC1(CC)OC(c2cc3c(cc2Br)OCO3)Nc2ccccc21. The Morgan fingerprint density at radius 3 is 2.58 bits per heavy atom. The van der Waals surface area contributed by atoms with E-state index in [1.165, 1.54) is 5.56 Å². The average Bonchev–Trinajstić information content (AvgIpc) is 3.07. The Morgan fingerprint density at radius 1 is 1.12 bits per heavy atom. The van der Waals surface area contributed by atoms with Crippen LogP contribution in [0.5, 0.6) is 11.5 Å². The molecule has 2 aliphatic rings. The highest BCUT2D eigenvalue weighted by atomic mass is 79.9. The minimum Gasteiger partial charge on any atom is -0.454 e. The molecular weight excluding hydrogens is 370 g/mol. The zero-order valence-corrected chi connectivity index (χ0v) is 15.4. The fourth-order valence-corrected chi connectivity index (χ4v) is 4.07. The lowest BCUT2D eigenvalue weighted by Crippen LogP contribution is -2.38. The fourth-order valence-electron chi connectivity index (χ4n) is 3.54. The molecule has 1 atom stereocenters. The van der Waals surface area contributed by atoms with Gasteiger partial charge in [-0.25, -0.2) is 0 Å². The molecule has 0 radical (unpaired) electrons. The zero-order chi connectivity index (χ0) is 16.7. The van der Waals surface area contributed by atoms with E-state index >= 15 is 0 Å². The minimum atomic E-state index is -0.289. The molecule has 2 heterocycles. The van der Waals surface area contributed by atoms with Gasteiger partial charge < -0.3 is 19.5 Å². The summed E-state index contributed by atoms with van der Waals surface area (Å²) < 4.78 is 18.5. The van der Waals surface area contributed by atoms with Crippen molar-refractivity contribution in [3.63, 3.8) is 0 Å². The molecule has 4 nitrogen and oxygen atoms in total. The lowest BCUT2D eigenvalue weighted by atomic mass is 9.85. The molecule has 0 aromatic heterocycles. The van der Waals surface area contributed by atoms with Crippen molar-refractivity contribution in [1.82, 2.24) is 0 Å². The predicted molar refractivity (Wildman–Crippen MR) is 96.4 cm³/mol. The van der Waals surface area contributed by atoms with Crippen molar-refractivity contribution >= 4 is 21.6 Å². The van der Waals surface area contributed by atoms with E-state index in [0.29, 0.717) is 0 Å². The maximum absolute atomic E-state index is 6.59. The first-order chi connectivity index (χ1) is 11.7. The van der Waals surface area contributed by atoms with E-state index in [1.807, 2.05) is 12.1 Å². The molecule has 1 unspecified atom stereocenters. The summed E-state index contributed by atoms with van der Waals surface area (Å²) in [5.41, 5.74) is 3.08. The summed E-state index contributed by atoms with van der Waals surface area (Å²) in [6.07, 6.45) is 1.59. The number of hydrogen-bond donors (Lipinski definition) is 1. The average molecular weight is 390 g/mol. The standard InChI is InChI=1S/C19H20BrNO3/c1-3-19(4-2)13-7-5-6-8-15(13)21-18(24-19)12-9-16-17(10-14(12)20)23-11-22-16/h5-10,18,21H,3-4,11H2,1-2H3. The number of nitrogens with one attached hydrogen (secondary N) is 1. The Bertz CT molecular complexity index is 773. The monoisotopic (exact) mass is 389 g/mol. The number of hydrogen-bond acceptors (Lipinski definition) is 4. The maximum atomic E-state index is 6.59. The van der Waals surface area contributed by atoms with Gasteiger partial charge in [0.25, 0.3) is 0 Å². The van der Waals surface area contributed by atoms with E-state index in [1.54, 1.807) is 0 Å². The third kappa shape index (κ3) is 2.38. The molecule has 5 heteroatoms. The third-order valence-corrected chi connectivity index (χ3v) is 5.65. The van der Waals surface area contributed by atoms with Gasteiger partial charge in [0.05, 0.1) is 5.60 Å². The normalized spacial score (nSPS) is 20.4. The van der Waals surface area contributed by atoms with Crippen molar-refractivity contribution in [3.05, 3.63) is 52.0 Å². The Kier molecular flexibility index (Phi) is 3.93. The number of fused-ring (bicyclic) bond motifs is 2. The van der Waals surface area contributed by atoms with Crippen LogP contribution in [0.2, 0.25) is 0 Å². The van der Waals surface area contributed by atoms with Crippen molar-refractivity contribution in [2.75, 3.05) is 12.1 Å². The van der Waals surface area contributed by atoms with Crippen molar-refractivity contribution < 1.29 is 14.2 Å². The molecule has 2 aromatic carbocycles. The van der Waals surface area contributed by atoms with Gasteiger partial charge >= 0.3 is 0 Å². The van der Waals surface area contributed by atoms with Gasteiger partial charge in [-0.3, -0.25) is 0 Å². The molecule has 0 amide bonds. The highest BCUT2D eigenvalue weighted by Gasteiger charge is 2.39. The van der Waals surface area contributed by atoms with E-state index < -0.39 is 0 Å². The Labute approximate surface area is 150 Å². The Balaban J connectivity index is 1.79.